The molecule has 2 rings (SSSR count). The van der Waals surface area contributed by atoms with Crippen molar-refractivity contribution in [2.24, 2.45) is 12.8 Å². The molecule has 1 aromatic heterocycles. The van der Waals surface area contributed by atoms with Crippen molar-refractivity contribution < 1.29 is 0 Å². The topological polar surface area (TPSA) is 47.1 Å². The van der Waals surface area contributed by atoms with Crippen LogP contribution >= 0.6 is 11.8 Å². The van der Waals surface area contributed by atoms with Crippen LogP contribution in [0, 0.1) is 6.92 Å². The second-order valence-electron chi connectivity index (χ2n) is 4.56. The molecule has 5 heteroatoms. The zero-order valence-electron chi connectivity index (χ0n) is 10.9. The largest absolute Gasteiger partial charge is 0.355 e. The Morgan fingerprint density at radius 1 is 1.53 bits per heavy atom. The number of nitrogens with two attached hydrogens (primary N) is 1. The summed E-state index contributed by atoms with van der Waals surface area (Å²) in [6.07, 6.45) is 1.23. The lowest BCUT2D eigenvalue weighted by Gasteiger charge is -2.34. The number of hydrogen-bond acceptors (Lipinski definition) is 4. The minimum absolute atomic E-state index is 0.579. The summed E-state index contributed by atoms with van der Waals surface area (Å²) in [6.45, 7) is 7.11. The first-order valence-corrected chi connectivity index (χ1v) is 7.31. The van der Waals surface area contributed by atoms with Crippen LogP contribution in [0.15, 0.2) is 0 Å². The smallest absolute Gasteiger partial charge is 0.131 e. The quantitative estimate of drug-likeness (QED) is 0.888. The van der Waals surface area contributed by atoms with E-state index in [1.165, 1.54) is 23.6 Å². The van der Waals surface area contributed by atoms with Crippen LogP contribution in [0.25, 0.3) is 0 Å². The van der Waals surface area contributed by atoms with Crippen LogP contribution in [0.2, 0.25) is 0 Å². The number of nitrogens with zero attached hydrogens (tertiary/aromatic N) is 3. The van der Waals surface area contributed by atoms with Gasteiger partial charge in [0, 0.05) is 43.2 Å². The van der Waals surface area contributed by atoms with Gasteiger partial charge < -0.3 is 10.6 Å². The van der Waals surface area contributed by atoms with Crippen LogP contribution in [0.5, 0.6) is 0 Å². The van der Waals surface area contributed by atoms with Gasteiger partial charge in [-0.3, -0.25) is 4.68 Å². The number of hydrogen-bond donors (Lipinski definition) is 1. The maximum Gasteiger partial charge on any atom is 0.131 e. The van der Waals surface area contributed by atoms with E-state index < -0.39 is 0 Å². The maximum absolute atomic E-state index is 5.85. The standard InChI is InChI=1S/C12H22N4S/c1-4-10-8-16(5-6-17-10)12-11(7-13)9(2)14-15(12)3/h10H,4-8,13H2,1-3H3. The van der Waals surface area contributed by atoms with Crippen LogP contribution in [0.3, 0.4) is 0 Å². The highest BCUT2D eigenvalue weighted by atomic mass is 32.2. The van der Waals surface area contributed by atoms with E-state index in [2.05, 4.69) is 28.7 Å². The van der Waals surface area contributed by atoms with E-state index in [1.54, 1.807) is 0 Å². The molecule has 0 aromatic carbocycles. The molecule has 1 atom stereocenters. The van der Waals surface area contributed by atoms with E-state index in [0.29, 0.717) is 6.54 Å². The van der Waals surface area contributed by atoms with Crippen LogP contribution in [-0.4, -0.2) is 33.9 Å². The molecule has 0 radical (unpaired) electrons. The number of aromatic nitrogens is 2. The molecule has 0 amide bonds. The Labute approximate surface area is 108 Å². The first-order valence-electron chi connectivity index (χ1n) is 6.26. The summed E-state index contributed by atoms with van der Waals surface area (Å²) in [5.74, 6) is 2.43. The lowest BCUT2D eigenvalue weighted by atomic mass is 10.2. The van der Waals surface area contributed by atoms with Crippen molar-refractivity contribution in [3.05, 3.63) is 11.3 Å². The molecule has 0 saturated carbocycles. The van der Waals surface area contributed by atoms with Crippen molar-refractivity contribution >= 4 is 17.6 Å². The van der Waals surface area contributed by atoms with Crippen molar-refractivity contribution in [3.8, 4) is 0 Å². The Kier molecular flexibility index (Phi) is 3.99. The molecule has 0 bridgehead atoms. The fraction of sp³-hybridized carbons (Fsp3) is 0.750. The second kappa shape index (κ2) is 5.31. The van der Waals surface area contributed by atoms with E-state index in [1.807, 2.05) is 18.7 Å². The summed E-state index contributed by atoms with van der Waals surface area (Å²) in [4.78, 5) is 2.45. The molecule has 2 heterocycles. The number of anilines is 1. The summed E-state index contributed by atoms with van der Waals surface area (Å²) in [5, 5.41) is 5.24. The Hall–Kier alpha value is -0.680. The average molecular weight is 254 g/mol. The molecule has 1 saturated heterocycles. The zero-order chi connectivity index (χ0) is 12.4. The highest BCUT2D eigenvalue weighted by Gasteiger charge is 2.24. The Bertz CT molecular complexity index is 388. The van der Waals surface area contributed by atoms with Gasteiger partial charge in [-0.15, -0.1) is 0 Å². The van der Waals surface area contributed by atoms with E-state index in [0.717, 1.165) is 24.0 Å². The van der Waals surface area contributed by atoms with Gasteiger partial charge in [0.1, 0.15) is 5.82 Å². The number of thioether (sulfide) groups is 1. The third-order valence-corrected chi connectivity index (χ3v) is 4.78. The second-order valence-corrected chi connectivity index (χ2v) is 5.97. The molecule has 0 aliphatic carbocycles. The van der Waals surface area contributed by atoms with Gasteiger partial charge in [-0.05, 0) is 13.3 Å². The molecule has 1 aromatic rings. The first kappa shape index (κ1) is 12.8. The van der Waals surface area contributed by atoms with Crippen molar-refractivity contribution in [3.63, 3.8) is 0 Å². The van der Waals surface area contributed by atoms with E-state index in [9.17, 15) is 0 Å². The van der Waals surface area contributed by atoms with E-state index in [-0.39, 0.29) is 0 Å². The molecule has 4 nitrogen and oxygen atoms in total. The summed E-state index contributed by atoms with van der Waals surface area (Å²) in [7, 11) is 2.02. The summed E-state index contributed by atoms with van der Waals surface area (Å²) < 4.78 is 1.99. The monoisotopic (exact) mass is 254 g/mol. The normalized spacial score (nSPS) is 20.9. The van der Waals surface area contributed by atoms with Crippen LogP contribution in [0.1, 0.15) is 24.6 Å². The van der Waals surface area contributed by atoms with E-state index >= 15 is 0 Å². The predicted molar refractivity (Wildman–Crippen MR) is 74.6 cm³/mol. The predicted octanol–water partition coefficient (Wildman–Crippen LogP) is 1.52. The van der Waals surface area contributed by atoms with Gasteiger partial charge in [0.05, 0.1) is 5.69 Å². The molecular weight excluding hydrogens is 232 g/mol. The van der Waals surface area contributed by atoms with Crippen molar-refractivity contribution in [1.82, 2.24) is 9.78 Å². The van der Waals surface area contributed by atoms with Gasteiger partial charge in [0.15, 0.2) is 0 Å². The van der Waals surface area contributed by atoms with Gasteiger partial charge >= 0.3 is 0 Å². The van der Waals surface area contributed by atoms with E-state index in [4.69, 9.17) is 5.73 Å². The van der Waals surface area contributed by atoms with Gasteiger partial charge in [0.2, 0.25) is 0 Å². The lowest BCUT2D eigenvalue weighted by molar-refractivity contribution is 0.672. The van der Waals surface area contributed by atoms with Gasteiger partial charge in [0.25, 0.3) is 0 Å². The molecular formula is C12H22N4S. The average Bonchev–Trinajstić information content (AvgIpc) is 2.63. The van der Waals surface area contributed by atoms with Gasteiger partial charge in [-0.2, -0.15) is 16.9 Å². The first-order chi connectivity index (χ1) is 8.17. The number of aryl methyl sites for hydroxylation is 2. The van der Waals surface area contributed by atoms with Gasteiger partial charge in [-0.1, -0.05) is 6.92 Å². The van der Waals surface area contributed by atoms with Gasteiger partial charge in [-0.25, -0.2) is 0 Å². The lowest BCUT2D eigenvalue weighted by Crippen LogP contribution is -2.39. The molecule has 2 N–H and O–H groups in total. The third-order valence-electron chi connectivity index (χ3n) is 3.41. The Morgan fingerprint density at radius 2 is 2.29 bits per heavy atom. The zero-order valence-corrected chi connectivity index (χ0v) is 11.8. The third kappa shape index (κ3) is 2.45. The Morgan fingerprint density at radius 3 is 2.94 bits per heavy atom. The molecule has 0 spiro atoms. The SMILES string of the molecule is CCC1CN(c2c(CN)c(C)nn2C)CCS1. The fourth-order valence-electron chi connectivity index (χ4n) is 2.48. The van der Waals surface area contributed by atoms with Crippen LogP contribution in [0.4, 0.5) is 5.82 Å². The molecule has 17 heavy (non-hydrogen) atoms. The minimum atomic E-state index is 0.579. The molecule has 1 aliphatic rings. The van der Waals surface area contributed by atoms with Crippen LogP contribution in [-0.2, 0) is 13.6 Å². The molecule has 96 valence electrons. The highest BCUT2D eigenvalue weighted by molar-refractivity contribution is 8.00. The minimum Gasteiger partial charge on any atom is -0.355 e. The number of rotatable bonds is 3. The maximum atomic E-state index is 5.85. The molecule has 1 unspecified atom stereocenters. The van der Waals surface area contributed by atoms with Crippen molar-refractivity contribution in [2.45, 2.75) is 32.1 Å². The molecule has 1 fully saturated rings. The summed E-state index contributed by atoms with van der Waals surface area (Å²) in [6, 6.07) is 0. The Balaban J connectivity index is 2.26. The van der Waals surface area contributed by atoms with Crippen molar-refractivity contribution in [2.75, 3.05) is 23.7 Å². The van der Waals surface area contributed by atoms with Crippen molar-refractivity contribution in [1.29, 1.82) is 0 Å². The molecule has 1 aliphatic heterocycles. The fourth-order valence-corrected chi connectivity index (χ4v) is 3.66. The highest BCUT2D eigenvalue weighted by Crippen LogP contribution is 2.29. The summed E-state index contributed by atoms with van der Waals surface area (Å²) in [5.41, 5.74) is 8.12. The summed E-state index contributed by atoms with van der Waals surface area (Å²) >= 11 is 2.09. The van der Waals surface area contributed by atoms with Crippen LogP contribution < -0.4 is 10.6 Å².